The fourth-order valence-electron chi connectivity index (χ4n) is 4.33. The van der Waals surface area contributed by atoms with E-state index in [2.05, 4.69) is 56.8 Å². The van der Waals surface area contributed by atoms with Crippen LogP contribution >= 0.6 is 0 Å². The number of nitrogens with zero attached hydrogens (tertiary/aromatic N) is 4. The van der Waals surface area contributed by atoms with Crippen LogP contribution in [0.4, 0.5) is 11.4 Å². The van der Waals surface area contributed by atoms with Gasteiger partial charge in [0.2, 0.25) is 5.91 Å². The molecule has 8 heteroatoms. The molecule has 0 saturated carbocycles. The molecular formula is C29H34N6O2. The van der Waals surface area contributed by atoms with Crippen LogP contribution in [-0.2, 0) is 11.2 Å². The van der Waals surface area contributed by atoms with Crippen LogP contribution in [0, 0.1) is 6.92 Å². The van der Waals surface area contributed by atoms with Crippen molar-refractivity contribution in [2.45, 2.75) is 13.3 Å². The van der Waals surface area contributed by atoms with Crippen molar-refractivity contribution >= 4 is 28.2 Å². The summed E-state index contributed by atoms with van der Waals surface area (Å²) in [5.41, 5.74) is 6.60. The number of benzene rings is 2. The highest BCUT2D eigenvalue weighted by atomic mass is 16.5. The van der Waals surface area contributed by atoms with Crippen molar-refractivity contribution in [3.8, 4) is 17.0 Å². The fourth-order valence-corrected chi connectivity index (χ4v) is 4.33. The first-order chi connectivity index (χ1) is 17.8. The van der Waals surface area contributed by atoms with Gasteiger partial charge in [-0.05, 0) is 44.8 Å². The molecule has 0 fully saturated rings. The van der Waals surface area contributed by atoms with Crippen molar-refractivity contribution < 1.29 is 9.53 Å². The molecule has 192 valence electrons. The van der Waals surface area contributed by atoms with Gasteiger partial charge in [-0.15, -0.1) is 0 Å². The summed E-state index contributed by atoms with van der Waals surface area (Å²) in [5, 5.41) is 4.08. The highest BCUT2D eigenvalue weighted by Crippen LogP contribution is 2.35. The number of amides is 1. The SMILES string of the molecule is C=CC(=O)Nc1cc(Cc2nccc(-c3c[nH]c4c(C)cccc34)n2)c(OC)cc1N(C)CCN(C)C. The number of aromatic amines is 1. The largest absolute Gasteiger partial charge is 0.496 e. The number of hydrogen-bond acceptors (Lipinski definition) is 6. The molecule has 0 unspecified atom stereocenters. The second-order valence-electron chi connectivity index (χ2n) is 9.33. The Labute approximate surface area is 218 Å². The second-order valence-corrected chi connectivity index (χ2v) is 9.33. The van der Waals surface area contributed by atoms with Crippen molar-refractivity contribution in [1.29, 1.82) is 0 Å². The number of aromatic nitrogens is 3. The Balaban J connectivity index is 1.70. The first-order valence-corrected chi connectivity index (χ1v) is 12.2. The van der Waals surface area contributed by atoms with Gasteiger partial charge in [-0.2, -0.15) is 0 Å². The molecule has 37 heavy (non-hydrogen) atoms. The predicted octanol–water partition coefficient (Wildman–Crippen LogP) is 4.66. The number of H-pyrrole nitrogens is 1. The number of methoxy groups -OCH3 is 1. The summed E-state index contributed by atoms with van der Waals surface area (Å²) in [6.45, 7) is 7.33. The molecule has 2 aromatic carbocycles. The highest BCUT2D eigenvalue weighted by molar-refractivity contribution is 6.01. The number of ether oxygens (including phenoxy) is 1. The average Bonchev–Trinajstić information content (AvgIpc) is 3.33. The number of hydrogen-bond donors (Lipinski definition) is 2. The zero-order valence-corrected chi connectivity index (χ0v) is 22.1. The van der Waals surface area contributed by atoms with Crippen molar-refractivity contribution in [2.24, 2.45) is 0 Å². The minimum atomic E-state index is -0.272. The van der Waals surface area contributed by atoms with Crippen LogP contribution in [0.25, 0.3) is 22.2 Å². The van der Waals surface area contributed by atoms with Crippen molar-refractivity contribution in [3.63, 3.8) is 0 Å². The summed E-state index contributed by atoms with van der Waals surface area (Å²) >= 11 is 0. The van der Waals surface area contributed by atoms with Gasteiger partial charge in [-0.1, -0.05) is 24.8 Å². The Morgan fingerprint density at radius 2 is 2.00 bits per heavy atom. The highest BCUT2D eigenvalue weighted by Gasteiger charge is 2.17. The monoisotopic (exact) mass is 498 g/mol. The zero-order valence-electron chi connectivity index (χ0n) is 22.1. The van der Waals surface area contributed by atoms with Crippen LogP contribution in [0.1, 0.15) is 17.0 Å². The summed E-state index contributed by atoms with van der Waals surface area (Å²) in [7, 11) is 7.71. The van der Waals surface area contributed by atoms with E-state index in [9.17, 15) is 4.79 Å². The molecule has 0 radical (unpaired) electrons. The molecular weight excluding hydrogens is 464 g/mol. The molecule has 4 aromatic rings. The molecule has 0 atom stereocenters. The van der Waals surface area contributed by atoms with E-state index in [0.717, 1.165) is 46.5 Å². The number of anilines is 2. The van der Waals surface area contributed by atoms with Crippen molar-refractivity contribution in [1.82, 2.24) is 19.9 Å². The van der Waals surface area contributed by atoms with E-state index < -0.39 is 0 Å². The Hall–Kier alpha value is -4.17. The molecule has 0 aliphatic rings. The van der Waals surface area contributed by atoms with Crippen LogP contribution in [-0.4, -0.2) is 67.1 Å². The lowest BCUT2D eigenvalue weighted by Crippen LogP contribution is -2.29. The van der Waals surface area contributed by atoms with Gasteiger partial charge < -0.3 is 24.8 Å². The molecule has 0 aliphatic carbocycles. The van der Waals surface area contributed by atoms with Crippen molar-refractivity contribution in [3.05, 3.63) is 78.4 Å². The number of para-hydroxylation sites is 1. The quantitative estimate of drug-likeness (QED) is 0.310. The number of nitrogens with one attached hydrogen (secondary N) is 2. The van der Waals surface area contributed by atoms with Crippen LogP contribution in [0.3, 0.4) is 0 Å². The third kappa shape index (κ3) is 5.81. The molecule has 8 nitrogen and oxygen atoms in total. The van der Waals surface area contributed by atoms with E-state index in [1.807, 2.05) is 45.5 Å². The lowest BCUT2D eigenvalue weighted by molar-refractivity contribution is -0.111. The fraction of sp³-hybridized carbons (Fsp3) is 0.276. The maximum atomic E-state index is 12.2. The van der Waals surface area contributed by atoms with Gasteiger partial charge in [-0.3, -0.25) is 4.79 Å². The van der Waals surface area contributed by atoms with E-state index in [0.29, 0.717) is 23.7 Å². The normalized spacial score (nSPS) is 11.1. The Bertz CT molecular complexity index is 1430. The molecule has 0 spiro atoms. The number of likely N-dealkylation sites (N-methyl/N-ethyl adjacent to an activating group) is 2. The number of aryl methyl sites for hydroxylation is 1. The third-order valence-electron chi connectivity index (χ3n) is 6.39. The summed E-state index contributed by atoms with van der Waals surface area (Å²) in [5.74, 6) is 1.10. The molecule has 2 N–H and O–H groups in total. The van der Waals surface area contributed by atoms with E-state index in [1.54, 1.807) is 13.3 Å². The lowest BCUT2D eigenvalue weighted by Gasteiger charge is -2.25. The van der Waals surface area contributed by atoms with Gasteiger partial charge in [-0.25, -0.2) is 9.97 Å². The van der Waals surface area contributed by atoms with E-state index >= 15 is 0 Å². The lowest BCUT2D eigenvalue weighted by atomic mass is 10.1. The minimum Gasteiger partial charge on any atom is -0.496 e. The minimum absolute atomic E-state index is 0.272. The number of carbonyl (C=O) groups is 1. The average molecular weight is 499 g/mol. The maximum absolute atomic E-state index is 12.2. The first-order valence-electron chi connectivity index (χ1n) is 12.2. The summed E-state index contributed by atoms with van der Waals surface area (Å²) in [6.07, 6.45) is 5.48. The third-order valence-corrected chi connectivity index (χ3v) is 6.39. The molecule has 0 bridgehead atoms. The molecule has 1 amide bonds. The summed E-state index contributed by atoms with van der Waals surface area (Å²) < 4.78 is 5.76. The number of rotatable bonds is 10. The van der Waals surface area contributed by atoms with E-state index in [4.69, 9.17) is 9.72 Å². The zero-order chi connectivity index (χ0) is 26.5. The summed E-state index contributed by atoms with van der Waals surface area (Å²) in [6, 6.07) is 12.1. The predicted molar refractivity (Wildman–Crippen MR) is 151 cm³/mol. The smallest absolute Gasteiger partial charge is 0.247 e. The van der Waals surface area contributed by atoms with Crippen LogP contribution in [0.15, 0.2) is 61.4 Å². The van der Waals surface area contributed by atoms with Crippen LogP contribution in [0.2, 0.25) is 0 Å². The van der Waals surface area contributed by atoms with Gasteiger partial charge in [0.05, 0.1) is 24.2 Å². The molecule has 0 aliphatic heterocycles. The topological polar surface area (TPSA) is 86.4 Å². The number of fused-ring (bicyclic) bond motifs is 1. The Morgan fingerprint density at radius 3 is 2.73 bits per heavy atom. The standard InChI is InChI=1S/C29H34N6O2/c1-7-28(36)33-24-15-20(26(37-6)17-25(24)35(5)14-13-34(3)4)16-27-30-12-11-23(32-27)22-18-31-29-19(2)9-8-10-21(22)29/h7-12,15,17-18,31H,1,13-14,16H2,2-6H3,(H,33,36). The van der Waals surface area contributed by atoms with Gasteiger partial charge in [0, 0.05) is 67.0 Å². The van der Waals surface area contributed by atoms with E-state index in [1.165, 1.54) is 11.6 Å². The molecule has 2 heterocycles. The van der Waals surface area contributed by atoms with Gasteiger partial charge in [0.25, 0.3) is 0 Å². The molecule has 4 rings (SSSR count). The van der Waals surface area contributed by atoms with Gasteiger partial charge in [0.1, 0.15) is 11.6 Å². The Morgan fingerprint density at radius 1 is 1.19 bits per heavy atom. The second kappa shape index (κ2) is 11.3. The Kier molecular flexibility index (Phi) is 7.89. The van der Waals surface area contributed by atoms with E-state index in [-0.39, 0.29) is 5.91 Å². The van der Waals surface area contributed by atoms with Gasteiger partial charge in [0.15, 0.2) is 0 Å². The van der Waals surface area contributed by atoms with Crippen molar-refractivity contribution in [2.75, 3.05) is 51.6 Å². The van der Waals surface area contributed by atoms with Crippen LogP contribution in [0.5, 0.6) is 5.75 Å². The molecule has 2 aromatic heterocycles. The molecule has 0 saturated heterocycles. The first kappa shape index (κ1) is 25.9. The number of carbonyl (C=O) groups excluding carboxylic acids is 1. The van der Waals surface area contributed by atoms with Gasteiger partial charge >= 0.3 is 0 Å². The van der Waals surface area contributed by atoms with Crippen LogP contribution < -0.4 is 15.0 Å². The summed E-state index contributed by atoms with van der Waals surface area (Å²) in [4.78, 5) is 29.2. The maximum Gasteiger partial charge on any atom is 0.247 e.